The summed E-state index contributed by atoms with van der Waals surface area (Å²) in [4.78, 5) is 0. The van der Waals surface area contributed by atoms with E-state index in [1.165, 1.54) is 5.56 Å². The number of ether oxygens (including phenoxy) is 2. The Bertz CT molecular complexity index is 405. The molecule has 0 aromatic heterocycles. The molecule has 0 saturated heterocycles. The van der Waals surface area contributed by atoms with Crippen LogP contribution in [0.25, 0.3) is 0 Å². The van der Waals surface area contributed by atoms with E-state index in [4.69, 9.17) is 15.2 Å². The van der Waals surface area contributed by atoms with E-state index in [0.717, 1.165) is 17.1 Å². The highest BCUT2D eigenvalue weighted by Crippen LogP contribution is 2.39. The predicted molar refractivity (Wildman–Crippen MR) is 63.9 cm³/mol. The van der Waals surface area contributed by atoms with Crippen LogP contribution in [0.15, 0.2) is 12.1 Å². The van der Waals surface area contributed by atoms with Crippen molar-refractivity contribution in [2.24, 2.45) is 5.73 Å². The molecule has 0 bridgehead atoms. The number of fused-ring (bicyclic) bond motifs is 1. The van der Waals surface area contributed by atoms with Gasteiger partial charge in [0.1, 0.15) is 0 Å². The second-order valence-corrected chi connectivity index (χ2v) is 5.17. The van der Waals surface area contributed by atoms with Crippen LogP contribution in [0.2, 0.25) is 0 Å². The first-order valence-corrected chi connectivity index (χ1v) is 5.62. The molecule has 1 aliphatic rings. The van der Waals surface area contributed by atoms with Crippen molar-refractivity contribution in [2.45, 2.75) is 39.2 Å². The van der Waals surface area contributed by atoms with E-state index in [0.29, 0.717) is 12.7 Å². The Kier molecular flexibility index (Phi) is 2.58. The predicted octanol–water partition coefficient (Wildman–Crippen LogP) is 2.73. The summed E-state index contributed by atoms with van der Waals surface area (Å²) in [6.45, 7) is 8.65. The summed E-state index contributed by atoms with van der Waals surface area (Å²) in [6.07, 6.45) is 0. The summed E-state index contributed by atoms with van der Waals surface area (Å²) < 4.78 is 10.8. The minimum Gasteiger partial charge on any atom is -0.454 e. The van der Waals surface area contributed by atoms with Gasteiger partial charge in [-0.05, 0) is 43.0 Å². The van der Waals surface area contributed by atoms with Gasteiger partial charge in [0.25, 0.3) is 0 Å². The molecule has 0 aliphatic carbocycles. The molecule has 88 valence electrons. The molecule has 0 radical (unpaired) electrons. The molecule has 3 heteroatoms. The van der Waals surface area contributed by atoms with E-state index in [2.05, 4.69) is 19.9 Å². The average Bonchev–Trinajstić information content (AvgIpc) is 2.60. The van der Waals surface area contributed by atoms with Crippen LogP contribution in [0.3, 0.4) is 0 Å². The van der Waals surface area contributed by atoms with Crippen LogP contribution in [-0.2, 0) is 5.54 Å². The summed E-state index contributed by atoms with van der Waals surface area (Å²) >= 11 is 0. The van der Waals surface area contributed by atoms with Crippen LogP contribution in [0, 0.1) is 0 Å². The zero-order chi connectivity index (χ0) is 11.9. The van der Waals surface area contributed by atoms with Crippen molar-refractivity contribution in [3.05, 3.63) is 23.3 Å². The van der Waals surface area contributed by atoms with Gasteiger partial charge in [-0.25, -0.2) is 0 Å². The number of rotatable bonds is 2. The van der Waals surface area contributed by atoms with Gasteiger partial charge < -0.3 is 15.2 Å². The van der Waals surface area contributed by atoms with Gasteiger partial charge in [-0.15, -0.1) is 0 Å². The fraction of sp³-hybridized carbons (Fsp3) is 0.538. The molecule has 1 heterocycles. The summed E-state index contributed by atoms with van der Waals surface area (Å²) in [7, 11) is 0. The maximum atomic E-state index is 6.19. The standard InChI is InChI=1S/C13H19NO2/c1-8(2)9-5-11-12(16-7-15-11)6-10(9)13(3,4)14/h5-6,8H,7,14H2,1-4H3. The normalized spacial score (nSPS) is 14.6. The molecular formula is C13H19NO2. The second kappa shape index (κ2) is 3.67. The van der Waals surface area contributed by atoms with E-state index in [-0.39, 0.29) is 5.54 Å². The van der Waals surface area contributed by atoms with Gasteiger partial charge in [-0.2, -0.15) is 0 Å². The third-order valence-corrected chi connectivity index (χ3v) is 2.86. The molecule has 16 heavy (non-hydrogen) atoms. The topological polar surface area (TPSA) is 44.5 Å². The maximum absolute atomic E-state index is 6.19. The van der Waals surface area contributed by atoms with Gasteiger partial charge in [0.2, 0.25) is 6.79 Å². The van der Waals surface area contributed by atoms with E-state index in [1.807, 2.05) is 19.9 Å². The zero-order valence-corrected chi connectivity index (χ0v) is 10.3. The van der Waals surface area contributed by atoms with Gasteiger partial charge in [0.15, 0.2) is 11.5 Å². The molecule has 0 unspecified atom stereocenters. The SMILES string of the molecule is CC(C)c1cc2c(cc1C(C)(C)N)OCO2. The third kappa shape index (κ3) is 1.87. The Balaban J connectivity index is 2.58. The van der Waals surface area contributed by atoms with Crippen LogP contribution in [-0.4, -0.2) is 6.79 Å². The Morgan fingerprint density at radius 3 is 2.25 bits per heavy atom. The van der Waals surface area contributed by atoms with Gasteiger partial charge in [-0.3, -0.25) is 0 Å². The van der Waals surface area contributed by atoms with Crippen molar-refractivity contribution in [3.63, 3.8) is 0 Å². The molecule has 0 atom stereocenters. The van der Waals surface area contributed by atoms with E-state index in [1.54, 1.807) is 0 Å². The second-order valence-electron chi connectivity index (χ2n) is 5.17. The van der Waals surface area contributed by atoms with Crippen LogP contribution >= 0.6 is 0 Å². The van der Waals surface area contributed by atoms with Crippen LogP contribution in [0.1, 0.15) is 44.7 Å². The zero-order valence-electron chi connectivity index (χ0n) is 10.3. The van der Waals surface area contributed by atoms with Gasteiger partial charge in [-0.1, -0.05) is 13.8 Å². The van der Waals surface area contributed by atoms with Crippen molar-refractivity contribution in [1.82, 2.24) is 0 Å². The highest BCUT2D eigenvalue weighted by molar-refractivity contribution is 5.51. The molecule has 1 aromatic rings. The molecule has 1 aromatic carbocycles. The monoisotopic (exact) mass is 221 g/mol. The quantitative estimate of drug-likeness (QED) is 0.835. The van der Waals surface area contributed by atoms with Crippen LogP contribution < -0.4 is 15.2 Å². The van der Waals surface area contributed by atoms with Gasteiger partial charge in [0, 0.05) is 5.54 Å². The average molecular weight is 221 g/mol. The molecular weight excluding hydrogens is 202 g/mol. The number of hydrogen-bond donors (Lipinski definition) is 1. The highest BCUT2D eigenvalue weighted by atomic mass is 16.7. The number of hydrogen-bond acceptors (Lipinski definition) is 3. The fourth-order valence-electron chi connectivity index (χ4n) is 1.99. The summed E-state index contributed by atoms with van der Waals surface area (Å²) in [5, 5.41) is 0. The minimum atomic E-state index is -0.361. The first kappa shape index (κ1) is 11.3. The molecule has 2 rings (SSSR count). The number of nitrogens with two attached hydrogens (primary N) is 1. The van der Waals surface area contributed by atoms with Crippen molar-refractivity contribution in [2.75, 3.05) is 6.79 Å². The Morgan fingerprint density at radius 2 is 1.75 bits per heavy atom. The van der Waals surface area contributed by atoms with E-state index >= 15 is 0 Å². The molecule has 1 aliphatic heterocycles. The van der Waals surface area contributed by atoms with Crippen molar-refractivity contribution in [3.8, 4) is 11.5 Å². The maximum Gasteiger partial charge on any atom is 0.231 e. The first-order chi connectivity index (χ1) is 7.39. The molecule has 0 amide bonds. The lowest BCUT2D eigenvalue weighted by Crippen LogP contribution is -2.30. The highest BCUT2D eigenvalue weighted by Gasteiger charge is 2.25. The van der Waals surface area contributed by atoms with Crippen molar-refractivity contribution < 1.29 is 9.47 Å². The van der Waals surface area contributed by atoms with Crippen molar-refractivity contribution >= 4 is 0 Å². The molecule has 0 spiro atoms. The van der Waals surface area contributed by atoms with Crippen LogP contribution in [0.4, 0.5) is 0 Å². The lowest BCUT2D eigenvalue weighted by molar-refractivity contribution is 0.174. The lowest BCUT2D eigenvalue weighted by atomic mass is 9.86. The molecule has 2 N–H and O–H groups in total. The van der Waals surface area contributed by atoms with E-state index < -0.39 is 0 Å². The van der Waals surface area contributed by atoms with Gasteiger partial charge in [0.05, 0.1) is 0 Å². The molecule has 0 fully saturated rings. The smallest absolute Gasteiger partial charge is 0.231 e. The Labute approximate surface area is 96.5 Å². The molecule has 0 saturated carbocycles. The Hall–Kier alpha value is -1.22. The summed E-state index contributed by atoms with van der Waals surface area (Å²) in [5.41, 5.74) is 8.20. The number of benzene rings is 1. The summed E-state index contributed by atoms with van der Waals surface area (Å²) in [6, 6.07) is 4.06. The van der Waals surface area contributed by atoms with E-state index in [9.17, 15) is 0 Å². The van der Waals surface area contributed by atoms with Gasteiger partial charge >= 0.3 is 0 Å². The Morgan fingerprint density at radius 1 is 1.19 bits per heavy atom. The molecule has 3 nitrogen and oxygen atoms in total. The first-order valence-electron chi connectivity index (χ1n) is 5.62. The largest absolute Gasteiger partial charge is 0.454 e. The lowest BCUT2D eigenvalue weighted by Gasteiger charge is -2.25. The third-order valence-electron chi connectivity index (χ3n) is 2.86. The van der Waals surface area contributed by atoms with Crippen molar-refractivity contribution in [1.29, 1.82) is 0 Å². The summed E-state index contributed by atoms with van der Waals surface area (Å²) in [5.74, 6) is 2.06. The minimum absolute atomic E-state index is 0.307. The fourth-order valence-corrected chi connectivity index (χ4v) is 1.99. The van der Waals surface area contributed by atoms with Crippen LogP contribution in [0.5, 0.6) is 11.5 Å².